The van der Waals surface area contributed by atoms with Crippen molar-refractivity contribution in [3.05, 3.63) is 0 Å². The van der Waals surface area contributed by atoms with Crippen LogP contribution in [-0.4, -0.2) is 46.3 Å². The minimum atomic E-state index is -0.141. The average Bonchev–Trinajstić information content (AvgIpc) is 2.78. The van der Waals surface area contributed by atoms with E-state index in [1.165, 1.54) is 11.5 Å². The van der Waals surface area contributed by atoms with Gasteiger partial charge in [-0.2, -0.15) is 0 Å². The second-order valence-electron chi connectivity index (χ2n) is 3.48. The molecule has 3 nitrogen and oxygen atoms in total. The van der Waals surface area contributed by atoms with E-state index in [1.807, 2.05) is 35.3 Å². The van der Waals surface area contributed by atoms with Crippen molar-refractivity contribution < 1.29 is 9.53 Å². The van der Waals surface area contributed by atoms with Crippen LogP contribution in [0.5, 0.6) is 0 Å². The van der Waals surface area contributed by atoms with Gasteiger partial charge in [-0.3, -0.25) is 0 Å². The molecule has 14 heavy (non-hydrogen) atoms. The summed E-state index contributed by atoms with van der Waals surface area (Å²) in [6.45, 7) is 4.05. The van der Waals surface area contributed by atoms with Crippen LogP contribution in [0.2, 0.25) is 0 Å². The number of amides is 1. The molecule has 0 aromatic rings. The molecular weight excluding hydrogens is 218 g/mol. The Balaban J connectivity index is 1.90. The molecule has 1 spiro atoms. The topological polar surface area (TPSA) is 29.5 Å². The van der Waals surface area contributed by atoms with Gasteiger partial charge >= 0.3 is 6.09 Å². The predicted molar refractivity (Wildman–Crippen MR) is 60.9 cm³/mol. The van der Waals surface area contributed by atoms with Crippen molar-refractivity contribution in [2.75, 3.05) is 31.2 Å². The van der Waals surface area contributed by atoms with Crippen LogP contribution in [0.1, 0.15) is 13.3 Å². The first-order chi connectivity index (χ1) is 6.76. The van der Waals surface area contributed by atoms with Gasteiger partial charge < -0.3 is 9.64 Å². The Morgan fingerprint density at radius 1 is 1.50 bits per heavy atom. The summed E-state index contributed by atoms with van der Waals surface area (Å²) in [6, 6.07) is 0. The molecule has 0 aromatic heterocycles. The van der Waals surface area contributed by atoms with Crippen molar-refractivity contribution in [2.45, 2.75) is 17.4 Å². The molecule has 0 bridgehead atoms. The summed E-state index contributed by atoms with van der Waals surface area (Å²) in [6.07, 6.45) is 0.971. The predicted octanol–water partition coefficient (Wildman–Crippen LogP) is 2.02. The summed E-state index contributed by atoms with van der Waals surface area (Å²) in [5.74, 6) is 2.45. The summed E-state index contributed by atoms with van der Waals surface area (Å²) < 4.78 is 5.30. The molecular formula is C9H15NO2S2. The Hall–Kier alpha value is -0.0300. The fourth-order valence-electron chi connectivity index (χ4n) is 1.86. The highest BCUT2D eigenvalue weighted by atomic mass is 32.2. The van der Waals surface area contributed by atoms with Gasteiger partial charge in [0.25, 0.3) is 0 Å². The van der Waals surface area contributed by atoms with E-state index in [0.29, 0.717) is 10.7 Å². The van der Waals surface area contributed by atoms with Gasteiger partial charge in [0.05, 0.1) is 10.7 Å². The van der Waals surface area contributed by atoms with Crippen LogP contribution in [0.25, 0.3) is 0 Å². The number of hydrogen-bond acceptors (Lipinski definition) is 4. The summed E-state index contributed by atoms with van der Waals surface area (Å²) in [7, 11) is 0. The third-order valence-electron chi connectivity index (χ3n) is 2.53. The van der Waals surface area contributed by atoms with Gasteiger partial charge in [-0.1, -0.05) is 0 Å². The quantitative estimate of drug-likeness (QED) is 0.693. The lowest BCUT2D eigenvalue weighted by Crippen LogP contribution is -2.32. The SMILES string of the molecule is CCOC(=O)N1CCC2(C1)SCCS2. The van der Waals surface area contributed by atoms with Crippen LogP contribution in [0.15, 0.2) is 0 Å². The fourth-order valence-corrected chi connectivity index (χ4v) is 5.07. The molecule has 0 atom stereocenters. The van der Waals surface area contributed by atoms with E-state index in [-0.39, 0.29) is 6.09 Å². The van der Waals surface area contributed by atoms with Crippen LogP contribution in [0.4, 0.5) is 4.79 Å². The zero-order valence-corrected chi connectivity index (χ0v) is 9.96. The Morgan fingerprint density at radius 2 is 2.21 bits per heavy atom. The third-order valence-corrected chi connectivity index (χ3v) is 6.03. The van der Waals surface area contributed by atoms with Gasteiger partial charge in [-0.25, -0.2) is 4.79 Å². The maximum atomic E-state index is 11.5. The first-order valence-electron chi connectivity index (χ1n) is 4.95. The van der Waals surface area contributed by atoms with E-state index < -0.39 is 0 Å². The minimum Gasteiger partial charge on any atom is -0.450 e. The van der Waals surface area contributed by atoms with E-state index in [2.05, 4.69) is 0 Å². The number of hydrogen-bond donors (Lipinski definition) is 0. The molecule has 5 heteroatoms. The van der Waals surface area contributed by atoms with Crippen LogP contribution in [0, 0.1) is 0 Å². The normalized spacial score (nSPS) is 24.5. The molecule has 2 aliphatic heterocycles. The summed E-state index contributed by atoms with van der Waals surface area (Å²) in [4.78, 5) is 13.3. The standard InChI is InChI=1S/C9H15NO2S2/c1-2-12-8(11)10-4-3-9(7-10)13-5-6-14-9/h2-7H2,1H3. The third kappa shape index (κ3) is 1.98. The second kappa shape index (κ2) is 4.23. The highest BCUT2D eigenvalue weighted by Crippen LogP contribution is 2.49. The molecule has 2 saturated heterocycles. The van der Waals surface area contributed by atoms with Gasteiger partial charge in [0, 0.05) is 24.6 Å². The molecule has 2 fully saturated rings. The number of likely N-dealkylation sites (tertiary alicyclic amines) is 1. The Labute approximate surface area is 92.9 Å². The molecule has 0 radical (unpaired) electrons. The van der Waals surface area contributed by atoms with Crippen molar-refractivity contribution in [3.8, 4) is 0 Å². The molecule has 2 heterocycles. The van der Waals surface area contributed by atoms with Crippen molar-refractivity contribution in [3.63, 3.8) is 0 Å². The second-order valence-corrected chi connectivity index (χ2v) is 6.69. The molecule has 1 amide bonds. The number of carbonyl (C=O) groups excluding carboxylic acids is 1. The van der Waals surface area contributed by atoms with Crippen molar-refractivity contribution >= 4 is 29.6 Å². The zero-order valence-electron chi connectivity index (χ0n) is 8.32. The first kappa shape index (κ1) is 10.5. The molecule has 80 valence electrons. The van der Waals surface area contributed by atoms with Crippen molar-refractivity contribution in [1.29, 1.82) is 0 Å². The van der Waals surface area contributed by atoms with E-state index in [9.17, 15) is 4.79 Å². The van der Waals surface area contributed by atoms with Gasteiger partial charge in [-0.05, 0) is 13.3 Å². The van der Waals surface area contributed by atoms with Gasteiger partial charge in [0.2, 0.25) is 0 Å². The van der Waals surface area contributed by atoms with Gasteiger partial charge in [-0.15, -0.1) is 23.5 Å². The van der Waals surface area contributed by atoms with Crippen molar-refractivity contribution in [1.82, 2.24) is 4.90 Å². The highest BCUT2D eigenvalue weighted by Gasteiger charge is 2.43. The number of rotatable bonds is 1. The molecule has 0 saturated carbocycles. The Bertz CT molecular complexity index is 229. The van der Waals surface area contributed by atoms with Gasteiger partial charge in [0.15, 0.2) is 0 Å². The maximum Gasteiger partial charge on any atom is 0.409 e. The molecule has 0 aliphatic carbocycles. The average molecular weight is 233 g/mol. The first-order valence-corrected chi connectivity index (χ1v) is 6.92. The monoisotopic (exact) mass is 233 g/mol. The van der Waals surface area contributed by atoms with Crippen LogP contribution in [0.3, 0.4) is 0 Å². The van der Waals surface area contributed by atoms with Gasteiger partial charge in [0.1, 0.15) is 0 Å². The fraction of sp³-hybridized carbons (Fsp3) is 0.889. The molecule has 2 aliphatic rings. The van der Waals surface area contributed by atoms with E-state index in [4.69, 9.17) is 4.74 Å². The molecule has 0 N–H and O–H groups in total. The molecule has 2 rings (SSSR count). The largest absolute Gasteiger partial charge is 0.450 e. The number of thioether (sulfide) groups is 2. The lowest BCUT2D eigenvalue weighted by Gasteiger charge is -2.21. The Kier molecular flexibility index (Phi) is 3.17. The number of nitrogens with zero attached hydrogens (tertiary/aromatic N) is 1. The van der Waals surface area contributed by atoms with Crippen LogP contribution < -0.4 is 0 Å². The summed E-state index contributed by atoms with van der Waals surface area (Å²) in [5, 5.41) is 0. The smallest absolute Gasteiger partial charge is 0.409 e. The molecule has 0 unspecified atom stereocenters. The minimum absolute atomic E-state index is 0.141. The summed E-state index contributed by atoms with van der Waals surface area (Å²) in [5.41, 5.74) is 0. The zero-order chi connectivity index (χ0) is 10.0. The van der Waals surface area contributed by atoms with E-state index in [1.54, 1.807) is 0 Å². The van der Waals surface area contributed by atoms with Crippen LogP contribution in [-0.2, 0) is 4.74 Å². The lowest BCUT2D eigenvalue weighted by molar-refractivity contribution is 0.116. The van der Waals surface area contributed by atoms with E-state index in [0.717, 1.165) is 19.5 Å². The van der Waals surface area contributed by atoms with Crippen molar-refractivity contribution in [2.24, 2.45) is 0 Å². The van der Waals surface area contributed by atoms with Crippen LogP contribution >= 0.6 is 23.5 Å². The molecule has 0 aromatic carbocycles. The Morgan fingerprint density at radius 3 is 2.86 bits per heavy atom. The maximum absolute atomic E-state index is 11.5. The highest BCUT2D eigenvalue weighted by molar-refractivity contribution is 8.21. The number of carbonyl (C=O) groups is 1. The lowest BCUT2D eigenvalue weighted by atomic mass is 10.4. The summed E-state index contributed by atoms with van der Waals surface area (Å²) >= 11 is 4.01. The number of ether oxygens (including phenoxy) is 1. The van der Waals surface area contributed by atoms with E-state index >= 15 is 0 Å².